The number of hydrogen-bond donors (Lipinski definition) is 2. The van der Waals surface area contributed by atoms with Crippen LogP contribution in [0.15, 0.2) is 48.5 Å². The number of nitrogens with zero attached hydrogens (tertiary/aromatic N) is 3. The van der Waals surface area contributed by atoms with Crippen LogP contribution in [0.25, 0.3) is 11.1 Å². The number of carbonyl (C=O) groups is 1. The molecule has 1 saturated heterocycles. The Morgan fingerprint density at radius 3 is 2.45 bits per heavy atom. The third-order valence-corrected chi connectivity index (χ3v) is 5.89. The Morgan fingerprint density at radius 2 is 1.79 bits per heavy atom. The molecule has 1 amide bonds. The van der Waals surface area contributed by atoms with Gasteiger partial charge >= 0.3 is 6.09 Å². The summed E-state index contributed by atoms with van der Waals surface area (Å²) in [6.45, 7) is 4.16. The lowest BCUT2D eigenvalue weighted by Crippen LogP contribution is -2.49. The maximum absolute atomic E-state index is 13.0. The van der Waals surface area contributed by atoms with Crippen molar-refractivity contribution >= 4 is 6.09 Å². The van der Waals surface area contributed by atoms with Crippen LogP contribution in [0.3, 0.4) is 0 Å². The molecule has 0 radical (unpaired) electrons. The first-order valence-electron chi connectivity index (χ1n) is 9.93. The van der Waals surface area contributed by atoms with Crippen LogP contribution in [0.5, 0.6) is 0 Å². The van der Waals surface area contributed by atoms with Gasteiger partial charge in [0.05, 0.1) is 11.7 Å². The van der Waals surface area contributed by atoms with Crippen molar-refractivity contribution in [3.05, 3.63) is 71.0 Å². The Hall–Kier alpha value is -3.19. The SMILES string of the molecule is Cc1n[nH]nc1C1CNCCN1C(=O)OCC1c2ccccc2-c2ccccc21. The van der Waals surface area contributed by atoms with E-state index in [9.17, 15) is 4.79 Å². The minimum Gasteiger partial charge on any atom is -0.448 e. The van der Waals surface area contributed by atoms with Gasteiger partial charge in [-0.1, -0.05) is 48.5 Å². The Kier molecular flexibility index (Phi) is 4.52. The first-order valence-corrected chi connectivity index (χ1v) is 9.93. The summed E-state index contributed by atoms with van der Waals surface area (Å²) in [6.07, 6.45) is -0.305. The lowest BCUT2D eigenvalue weighted by atomic mass is 9.98. The van der Waals surface area contributed by atoms with Crippen LogP contribution in [0.1, 0.15) is 34.5 Å². The van der Waals surface area contributed by atoms with Crippen LogP contribution in [0.4, 0.5) is 4.79 Å². The molecule has 1 aliphatic carbocycles. The molecule has 0 bridgehead atoms. The predicted molar refractivity (Wildman–Crippen MR) is 109 cm³/mol. The van der Waals surface area contributed by atoms with E-state index in [2.05, 4.69) is 57.1 Å². The summed E-state index contributed by atoms with van der Waals surface area (Å²) in [4.78, 5) is 14.8. The molecule has 2 N–H and O–H groups in total. The van der Waals surface area contributed by atoms with Crippen molar-refractivity contribution in [1.82, 2.24) is 25.6 Å². The van der Waals surface area contributed by atoms with Gasteiger partial charge in [0.2, 0.25) is 0 Å². The molecular weight excluding hydrogens is 366 g/mol. The Morgan fingerprint density at radius 1 is 1.10 bits per heavy atom. The summed E-state index contributed by atoms with van der Waals surface area (Å²) < 4.78 is 5.85. The summed E-state index contributed by atoms with van der Waals surface area (Å²) in [7, 11) is 0. The van der Waals surface area contributed by atoms with Crippen LogP contribution in [0.2, 0.25) is 0 Å². The van der Waals surface area contributed by atoms with Crippen molar-refractivity contribution < 1.29 is 9.53 Å². The number of piperazine rings is 1. The first kappa shape index (κ1) is 17.9. The Balaban J connectivity index is 1.36. The van der Waals surface area contributed by atoms with Gasteiger partial charge < -0.3 is 10.1 Å². The van der Waals surface area contributed by atoms with Gasteiger partial charge in [0, 0.05) is 25.6 Å². The predicted octanol–water partition coefficient (Wildman–Crippen LogP) is 3.01. The molecule has 0 spiro atoms. The van der Waals surface area contributed by atoms with Crippen molar-refractivity contribution in [2.24, 2.45) is 0 Å². The van der Waals surface area contributed by atoms with Crippen LogP contribution in [-0.2, 0) is 4.74 Å². The van der Waals surface area contributed by atoms with E-state index in [1.807, 2.05) is 19.1 Å². The number of carbonyl (C=O) groups excluding carboxylic acids is 1. The molecule has 0 saturated carbocycles. The average Bonchev–Trinajstić information content (AvgIpc) is 3.33. The Labute approximate surface area is 169 Å². The van der Waals surface area contributed by atoms with Gasteiger partial charge in [-0.2, -0.15) is 15.4 Å². The average molecular weight is 389 g/mol. The number of H-pyrrole nitrogens is 1. The highest BCUT2D eigenvalue weighted by molar-refractivity contribution is 5.79. The molecule has 2 heterocycles. The first-order chi connectivity index (χ1) is 14.2. The number of rotatable bonds is 3. The smallest absolute Gasteiger partial charge is 0.410 e. The van der Waals surface area contributed by atoms with Crippen molar-refractivity contribution in [3.63, 3.8) is 0 Å². The minimum absolute atomic E-state index is 0.0569. The third-order valence-electron chi connectivity index (χ3n) is 5.89. The molecule has 1 fully saturated rings. The van der Waals surface area contributed by atoms with Gasteiger partial charge in [0.25, 0.3) is 0 Å². The zero-order valence-electron chi connectivity index (χ0n) is 16.3. The summed E-state index contributed by atoms with van der Waals surface area (Å²) in [5.41, 5.74) is 6.46. The molecular formula is C22H23N5O2. The second kappa shape index (κ2) is 7.33. The molecule has 1 aliphatic heterocycles. The van der Waals surface area contributed by atoms with Gasteiger partial charge in [-0.15, -0.1) is 0 Å². The van der Waals surface area contributed by atoms with Crippen LogP contribution < -0.4 is 5.32 Å². The van der Waals surface area contributed by atoms with E-state index in [4.69, 9.17) is 4.74 Å². The van der Waals surface area contributed by atoms with E-state index in [1.54, 1.807) is 4.90 Å². The topological polar surface area (TPSA) is 83.1 Å². The normalized spacial score (nSPS) is 18.4. The summed E-state index contributed by atoms with van der Waals surface area (Å²) in [6, 6.07) is 16.5. The molecule has 1 atom stereocenters. The van der Waals surface area contributed by atoms with Gasteiger partial charge in [0.1, 0.15) is 12.3 Å². The zero-order chi connectivity index (χ0) is 19.8. The van der Waals surface area contributed by atoms with Gasteiger partial charge in [-0.3, -0.25) is 4.90 Å². The molecule has 1 aromatic heterocycles. The fourth-order valence-corrected chi connectivity index (χ4v) is 4.45. The zero-order valence-corrected chi connectivity index (χ0v) is 16.3. The van der Waals surface area contributed by atoms with E-state index >= 15 is 0 Å². The summed E-state index contributed by atoms with van der Waals surface area (Å²) in [5.74, 6) is 0.0569. The largest absolute Gasteiger partial charge is 0.448 e. The molecule has 3 aromatic rings. The molecule has 2 aliphatic rings. The van der Waals surface area contributed by atoms with Crippen molar-refractivity contribution in [1.29, 1.82) is 0 Å². The number of aromatic nitrogens is 3. The van der Waals surface area contributed by atoms with Crippen LogP contribution in [0, 0.1) is 6.92 Å². The monoisotopic (exact) mass is 389 g/mol. The fraction of sp³-hybridized carbons (Fsp3) is 0.318. The second-order valence-electron chi connectivity index (χ2n) is 7.51. The van der Waals surface area contributed by atoms with Gasteiger partial charge in [-0.05, 0) is 29.2 Å². The second-order valence-corrected chi connectivity index (χ2v) is 7.51. The quantitative estimate of drug-likeness (QED) is 0.720. The minimum atomic E-state index is -0.305. The molecule has 29 heavy (non-hydrogen) atoms. The van der Waals surface area contributed by atoms with E-state index < -0.39 is 0 Å². The number of fused-ring (bicyclic) bond motifs is 3. The van der Waals surface area contributed by atoms with Crippen molar-refractivity contribution in [2.45, 2.75) is 18.9 Å². The molecule has 7 nitrogen and oxygen atoms in total. The fourth-order valence-electron chi connectivity index (χ4n) is 4.45. The number of ether oxygens (including phenoxy) is 1. The maximum atomic E-state index is 13.0. The highest BCUT2D eigenvalue weighted by Gasteiger charge is 2.34. The number of aromatic amines is 1. The number of amides is 1. The highest BCUT2D eigenvalue weighted by atomic mass is 16.6. The van der Waals surface area contributed by atoms with Crippen LogP contribution in [-0.4, -0.2) is 52.6 Å². The van der Waals surface area contributed by atoms with Gasteiger partial charge in [0.15, 0.2) is 0 Å². The number of aryl methyl sites for hydroxylation is 1. The lowest BCUT2D eigenvalue weighted by molar-refractivity contribution is 0.0742. The van der Waals surface area contributed by atoms with Gasteiger partial charge in [-0.25, -0.2) is 4.79 Å². The highest BCUT2D eigenvalue weighted by Crippen LogP contribution is 2.44. The summed E-state index contributed by atoms with van der Waals surface area (Å²) >= 11 is 0. The summed E-state index contributed by atoms with van der Waals surface area (Å²) in [5, 5.41) is 14.3. The lowest BCUT2D eigenvalue weighted by Gasteiger charge is -2.34. The van der Waals surface area contributed by atoms with Crippen molar-refractivity contribution in [3.8, 4) is 11.1 Å². The number of nitrogens with one attached hydrogen (secondary N) is 2. The molecule has 5 rings (SSSR count). The molecule has 148 valence electrons. The maximum Gasteiger partial charge on any atom is 0.410 e. The van der Waals surface area contributed by atoms with E-state index in [0.29, 0.717) is 19.7 Å². The van der Waals surface area contributed by atoms with E-state index in [0.717, 1.165) is 17.9 Å². The van der Waals surface area contributed by atoms with Crippen LogP contribution >= 0.6 is 0 Å². The third kappa shape index (κ3) is 3.07. The Bertz CT molecular complexity index is 1000. The number of hydrogen-bond acceptors (Lipinski definition) is 5. The van der Waals surface area contributed by atoms with E-state index in [-0.39, 0.29) is 18.1 Å². The molecule has 2 aromatic carbocycles. The molecule has 7 heteroatoms. The van der Waals surface area contributed by atoms with E-state index in [1.165, 1.54) is 22.3 Å². The van der Waals surface area contributed by atoms with Crippen molar-refractivity contribution in [2.75, 3.05) is 26.2 Å². The number of benzene rings is 2. The molecule has 1 unspecified atom stereocenters. The standard InChI is InChI=1S/C22H23N5O2/c1-14-21(25-26-24-14)20-12-23-10-11-27(20)22(28)29-13-19-17-8-4-2-6-15(17)16-7-3-5-9-18(16)19/h2-9,19-20,23H,10-13H2,1H3,(H,24,25,26).